The summed E-state index contributed by atoms with van der Waals surface area (Å²) in [5.41, 5.74) is 0.280. The number of hydrogen-bond acceptors (Lipinski definition) is 3. The van der Waals surface area contributed by atoms with Gasteiger partial charge in [-0.25, -0.2) is 13.6 Å². The van der Waals surface area contributed by atoms with Crippen LogP contribution < -0.4 is 10.5 Å². The molecular formula is C13H17ClN2O3S. The van der Waals surface area contributed by atoms with Gasteiger partial charge in [0, 0.05) is 5.92 Å². The molecule has 1 aromatic rings. The molecule has 0 spiro atoms. The molecule has 1 saturated carbocycles. The van der Waals surface area contributed by atoms with Gasteiger partial charge < -0.3 is 5.32 Å². The maximum absolute atomic E-state index is 12.2. The highest BCUT2D eigenvalue weighted by atomic mass is 35.5. The second-order valence-corrected chi connectivity index (χ2v) is 7.16. The molecule has 0 aromatic heterocycles. The van der Waals surface area contributed by atoms with Gasteiger partial charge in [-0.15, -0.1) is 0 Å². The van der Waals surface area contributed by atoms with Gasteiger partial charge in [-0.1, -0.05) is 24.9 Å². The van der Waals surface area contributed by atoms with E-state index >= 15 is 0 Å². The summed E-state index contributed by atoms with van der Waals surface area (Å²) in [6.45, 7) is 2.04. The Morgan fingerprint density at radius 2 is 2.10 bits per heavy atom. The monoisotopic (exact) mass is 316 g/mol. The largest absolute Gasteiger partial charge is 0.324 e. The van der Waals surface area contributed by atoms with Crippen molar-refractivity contribution in [2.75, 3.05) is 5.32 Å². The van der Waals surface area contributed by atoms with Crippen LogP contribution in [-0.2, 0) is 14.8 Å². The van der Waals surface area contributed by atoms with E-state index in [0.717, 1.165) is 19.3 Å². The molecular weight excluding hydrogens is 300 g/mol. The van der Waals surface area contributed by atoms with Crippen molar-refractivity contribution < 1.29 is 13.2 Å². The third kappa shape index (κ3) is 3.31. The minimum absolute atomic E-state index is 0.0517. The number of nitrogens with two attached hydrogens (primary N) is 1. The first-order valence-corrected chi connectivity index (χ1v) is 8.34. The van der Waals surface area contributed by atoms with E-state index in [0.29, 0.717) is 5.92 Å². The van der Waals surface area contributed by atoms with Crippen LogP contribution in [0.3, 0.4) is 0 Å². The van der Waals surface area contributed by atoms with Crippen molar-refractivity contribution in [2.45, 2.75) is 31.1 Å². The highest BCUT2D eigenvalue weighted by Crippen LogP contribution is 2.33. The molecule has 1 amide bonds. The van der Waals surface area contributed by atoms with Gasteiger partial charge in [-0.3, -0.25) is 4.79 Å². The van der Waals surface area contributed by atoms with Gasteiger partial charge >= 0.3 is 0 Å². The molecule has 2 rings (SSSR count). The molecule has 3 N–H and O–H groups in total. The molecule has 0 heterocycles. The zero-order valence-electron chi connectivity index (χ0n) is 11.1. The van der Waals surface area contributed by atoms with Crippen LogP contribution in [-0.4, -0.2) is 14.3 Å². The van der Waals surface area contributed by atoms with Crippen molar-refractivity contribution in [3.63, 3.8) is 0 Å². The summed E-state index contributed by atoms with van der Waals surface area (Å²) in [7, 11) is -3.82. The normalized spacial score (nSPS) is 22.8. The molecule has 1 aliphatic carbocycles. The van der Waals surface area contributed by atoms with Crippen molar-refractivity contribution >= 4 is 33.2 Å². The number of hydrogen-bond donors (Lipinski definition) is 2. The van der Waals surface area contributed by atoms with Gasteiger partial charge in [0.2, 0.25) is 15.9 Å². The Bertz CT molecular complexity index is 631. The lowest BCUT2D eigenvalue weighted by Crippen LogP contribution is -2.25. The molecule has 0 aliphatic heterocycles. The summed E-state index contributed by atoms with van der Waals surface area (Å²) in [5.74, 6) is 0.155. The van der Waals surface area contributed by atoms with Crippen LogP contribution >= 0.6 is 11.6 Å². The van der Waals surface area contributed by atoms with E-state index in [-0.39, 0.29) is 27.4 Å². The number of halogens is 1. The Morgan fingerprint density at radius 1 is 1.40 bits per heavy atom. The number of benzene rings is 1. The van der Waals surface area contributed by atoms with Crippen LogP contribution in [0.1, 0.15) is 26.2 Å². The Kier molecular flexibility index (Phi) is 4.36. The van der Waals surface area contributed by atoms with E-state index in [2.05, 4.69) is 5.32 Å². The molecule has 110 valence electrons. The van der Waals surface area contributed by atoms with Crippen molar-refractivity contribution in [1.82, 2.24) is 0 Å². The maximum Gasteiger partial charge on any atom is 0.238 e. The summed E-state index contributed by atoms with van der Waals surface area (Å²) >= 11 is 5.98. The average Bonchev–Trinajstić information content (AvgIpc) is 2.77. The zero-order chi connectivity index (χ0) is 14.9. The van der Waals surface area contributed by atoms with Crippen LogP contribution in [0.4, 0.5) is 5.69 Å². The van der Waals surface area contributed by atoms with Crippen LogP contribution in [0.5, 0.6) is 0 Å². The summed E-state index contributed by atoms with van der Waals surface area (Å²) in [5, 5.41) is 8.06. The molecule has 2 atom stereocenters. The number of anilines is 1. The molecule has 1 fully saturated rings. The van der Waals surface area contributed by atoms with Crippen molar-refractivity contribution in [3.05, 3.63) is 23.2 Å². The lowest BCUT2D eigenvalue weighted by molar-refractivity contribution is -0.120. The molecule has 1 aromatic carbocycles. The van der Waals surface area contributed by atoms with Crippen LogP contribution in [0, 0.1) is 11.8 Å². The maximum atomic E-state index is 12.2. The first-order chi connectivity index (χ1) is 9.29. The Labute approximate surface area is 123 Å². The van der Waals surface area contributed by atoms with Crippen LogP contribution in [0.25, 0.3) is 0 Å². The quantitative estimate of drug-likeness (QED) is 0.897. The van der Waals surface area contributed by atoms with Crippen LogP contribution in [0.2, 0.25) is 5.02 Å². The van der Waals surface area contributed by atoms with Gasteiger partial charge in [0.15, 0.2) is 0 Å². The Balaban J connectivity index is 2.22. The second kappa shape index (κ2) is 5.71. The number of nitrogens with one attached hydrogen (secondary N) is 1. The molecule has 7 heteroatoms. The summed E-state index contributed by atoms with van der Waals surface area (Å²) < 4.78 is 22.6. The standard InChI is InChI=1S/C13H17ClN2O3S/c1-8-3-2-4-10(8)13(17)16-12-7-9(20(15,18)19)5-6-11(12)14/h5-8,10H,2-4H2,1H3,(H,16,17)(H2,15,18,19). The number of carbonyl (C=O) groups is 1. The van der Waals surface area contributed by atoms with Crippen molar-refractivity contribution in [2.24, 2.45) is 17.0 Å². The van der Waals surface area contributed by atoms with E-state index < -0.39 is 10.0 Å². The highest BCUT2D eigenvalue weighted by Gasteiger charge is 2.30. The summed E-state index contributed by atoms with van der Waals surface area (Å²) in [6.07, 6.45) is 2.91. The number of rotatable bonds is 3. The fourth-order valence-corrected chi connectivity index (χ4v) is 3.24. The van der Waals surface area contributed by atoms with Crippen molar-refractivity contribution in [1.29, 1.82) is 0 Å². The molecule has 0 bridgehead atoms. The van der Waals surface area contributed by atoms with E-state index in [4.69, 9.17) is 16.7 Å². The smallest absolute Gasteiger partial charge is 0.238 e. The molecule has 0 saturated heterocycles. The minimum atomic E-state index is -3.82. The van der Waals surface area contributed by atoms with E-state index in [9.17, 15) is 13.2 Å². The number of amides is 1. The minimum Gasteiger partial charge on any atom is -0.324 e. The van der Waals surface area contributed by atoms with E-state index in [1.54, 1.807) is 0 Å². The third-order valence-electron chi connectivity index (χ3n) is 3.72. The molecule has 0 radical (unpaired) electrons. The third-order valence-corrected chi connectivity index (χ3v) is 4.96. The zero-order valence-corrected chi connectivity index (χ0v) is 12.7. The molecule has 1 aliphatic rings. The van der Waals surface area contributed by atoms with Gasteiger partial charge in [0.25, 0.3) is 0 Å². The first-order valence-electron chi connectivity index (χ1n) is 6.42. The van der Waals surface area contributed by atoms with E-state index in [1.807, 2.05) is 6.92 Å². The summed E-state index contributed by atoms with van der Waals surface area (Å²) in [4.78, 5) is 12.1. The van der Waals surface area contributed by atoms with Crippen LogP contribution in [0.15, 0.2) is 23.1 Å². The number of sulfonamides is 1. The molecule has 20 heavy (non-hydrogen) atoms. The second-order valence-electron chi connectivity index (χ2n) is 5.19. The number of carbonyl (C=O) groups excluding carboxylic acids is 1. The topological polar surface area (TPSA) is 89.3 Å². The molecule has 2 unspecified atom stereocenters. The lowest BCUT2D eigenvalue weighted by atomic mass is 9.97. The Morgan fingerprint density at radius 3 is 2.65 bits per heavy atom. The predicted molar refractivity (Wildman–Crippen MR) is 78.0 cm³/mol. The van der Waals surface area contributed by atoms with Gasteiger partial charge in [0.1, 0.15) is 0 Å². The fourth-order valence-electron chi connectivity index (χ4n) is 2.54. The average molecular weight is 317 g/mol. The van der Waals surface area contributed by atoms with E-state index in [1.165, 1.54) is 18.2 Å². The molecule has 5 nitrogen and oxygen atoms in total. The lowest BCUT2D eigenvalue weighted by Gasteiger charge is -2.16. The highest BCUT2D eigenvalue weighted by molar-refractivity contribution is 7.89. The van der Waals surface area contributed by atoms with Gasteiger partial charge in [-0.05, 0) is 37.0 Å². The SMILES string of the molecule is CC1CCCC1C(=O)Nc1cc(S(N)(=O)=O)ccc1Cl. The fraction of sp³-hybridized carbons (Fsp3) is 0.462. The summed E-state index contributed by atoms with van der Waals surface area (Å²) in [6, 6.07) is 4.01. The first kappa shape index (κ1) is 15.3. The Hall–Kier alpha value is -1.11. The number of primary sulfonamides is 1. The predicted octanol–water partition coefficient (Wildman–Crippen LogP) is 2.36. The van der Waals surface area contributed by atoms with Gasteiger partial charge in [-0.2, -0.15) is 0 Å². The van der Waals surface area contributed by atoms with Crippen molar-refractivity contribution in [3.8, 4) is 0 Å². The van der Waals surface area contributed by atoms with Gasteiger partial charge in [0.05, 0.1) is 15.6 Å².